The van der Waals surface area contributed by atoms with E-state index >= 15 is 0 Å². The zero-order valence-corrected chi connectivity index (χ0v) is 8.21. The predicted molar refractivity (Wildman–Crippen MR) is 47.3 cm³/mol. The Balaban J connectivity index is 1.88. The second kappa shape index (κ2) is 2.98. The summed E-state index contributed by atoms with van der Waals surface area (Å²) < 4.78 is 10.4. The lowest BCUT2D eigenvalue weighted by atomic mass is 9.75. The molecule has 1 saturated carbocycles. The van der Waals surface area contributed by atoms with Crippen LogP contribution in [0.2, 0.25) is 0 Å². The summed E-state index contributed by atoms with van der Waals surface area (Å²) in [4.78, 5) is 11.3. The topological polar surface area (TPSA) is 38.8 Å². The standard InChI is InChI=1S/C10H16O3/c1-3-12-9(11)8-10(2,13-8)7-5-4-6-7/h7-8H,3-6H2,1-2H3. The molecule has 1 aliphatic heterocycles. The van der Waals surface area contributed by atoms with Crippen LogP contribution in [0.15, 0.2) is 0 Å². The van der Waals surface area contributed by atoms with Gasteiger partial charge in [-0.25, -0.2) is 4.79 Å². The van der Waals surface area contributed by atoms with Crippen molar-refractivity contribution < 1.29 is 14.3 Å². The maximum absolute atomic E-state index is 11.3. The first-order valence-electron chi connectivity index (χ1n) is 5.03. The minimum absolute atomic E-state index is 0.183. The minimum atomic E-state index is -0.280. The summed E-state index contributed by atoms with van der Waals surface area (Å²) >= 11 is 0. The van der Waals surface area contributed by atoms with E-state index in [1.807, 2.05) is 13.8 Å². The van der Waals surface area contributed by atoms with Crippen LogP contribution >= 0.6 is 0 Å². The molecule has 13 heavy (non-hydrogen) atoms. The third-order valence-electron chi connectivity index (χ3n) is 3.25. The second-order valence-electron chi connectivity index (χ2n) is 4.06. The van der Waals surface area contributed by atoms with Crippen molar-refractivity contribution >= 4 is 5.97 Å². The van der Waals surface area contributed by atoms with Crippen LogP contribution in [-0.2, 0) is 14.3 Å². The van der Waals surface area contributed by atoms with Gasteiger partial charge in [0.1, 0.15) is 5.60 Å². The average molecular weight is 184 g/mol. The van der Waals surface area contributed by atoms with Gasteiger partial charge >= 0.3 is 5.97 Å². The van der Waals surface area contributed by atoms with Crippen molar-refractivity contribution in [3.05, 3.63) is 0 Å². The molecular weight excluding hydrogens is 168 g/mol. The van der Waals surface area contributed by atoms with Crippen LogP contribution in [0.3, 0.4) is 0 Å². The van der Waals surface area contributed by atoms with Gasteiger partial charge in [-0.1, -0.05) is 6.42 Å². The van der Waals surface area contributed by atoms with E-state index in [2.05, 4.69) is 0 Å². The number of carbonyl (C=O) groups is 1. The van der Waals surface area contributed by atoms with Crippen molar-refractivity contribution in [1.29, 1.82) is 0 Å². The predicted octanol–water partition coefficient (Wildman–Crippen LogP) is 1.51. The lowest BCUT2D eigenvalue weighted by Gasteiger charge is -2.29. The normalized spacial score (nSPS) is 38.2. The average Bonchev–Trinajstić information content (AvgIpc) is 2.59. The van der Waals surface area contributed by atoms with Gasteiger partial charge in [-0.3, -0.25) is 0 Å². The van der Waals surface area contributed by atoms with Crippen LogP contribution in [0.1, 0.15) is 33.1 Å². The molecule has 0 bridgehead atoms. The van der Waals surface area contributed by atoms with Gasteiger partial charge in [0.15, 0.2) is 6.10 Å². The van der Waals surface area contributed by atoms with E-state index in [4.69, 9.17) is 9.47 Å². The molecule has 0 amide bonds. The van der Waals surface area contributed by atoms with Gasteiger partial charge in [-0.15, -0.1) is 0 Å². The number of hydrogen-bond donors (Lipinski definition) is 0. The van der Waals surface area contributed by atoms with Crippen molar-refractivity contribution in [3.8, 4) is 0 Å². The highest BCUT2D eigenvalue weighted by Crippen LogP contribution is 2.51. The third kappa shape index (κ3) is 1.35. The van der Waals surface area contributed by atoms with Gasteiger partial charge in [0.25, 0.3) is 0 Å². The largest absolute Gasteiger partial charge is 0.464 e. The van der Waals surface area contributed by atoms with Gasteiger partial charge in [0.2, 0.25) is 0 Å². The fourth-order valence-electron chi connectivity index (χ4n) is 2.01. The van der Waals surface area contributed by atoms with Crippen molar-refractivity contribution in [1.82, 2.24) is 0 Å². The van der Waals surface area contributed by atoms with Crippen LogP contribution in [0.25, 0.3) is 0 Å². The molecule has 0 N–H and O–H groups in total. The van der Waals surface area contributed by atoms with Gasteiger partial charge in [-0.05, 0) is 32.6 Å². The Morgan fingerprint density at radius 3 is 2.77 bits per heavy atom. The Morgan fingerprint density at radius 2 is 2.31 bits per heavy atom. The zero-order valence-electron chi connectivity index (χ0n) is 8.21. The Morgan fingerprint density at radius 1 is 1.62 bits per heavy atom. The molecule has 74 valence electrons. The Hall–Kier alpha value is -0.570. The highest BCUT2D eigenvalue weighted by molar-refractivity contribution is 5.79. The fourth-order valence-corrected chi connectivity index (χ4v) is 2.01. The van der Waals surface area contributed by atoms with E-state index in [1.165, 1.54) is 19.3 Å². The van der Waals surface area contributed by atoms with E-state index in [9.17, 15) is 4.79 Å². The summed E-state index contributed by atoms with van der Waals surface area (Å²) in [5, 5.41) is 0. The molecule has 1 aliphatic carbocycles. The number of hydrogen-bond acceptors (Lipinski definition) is 3. The van der Waals surface area contributed by atoms with Crippen LogP contribution in [0, 0.1) is 5.92 Å². The molecule has 3 nitrogen and oxygen atoms in total. The molecule has 2 fully saturated rings. The molecule has 0 aromatic rings. The van der Waals surface area contributed by atoms with Crippen molar-refractivity contribution in [2.24, 2.45) is 5.92 Å². The van der Waals surface area contributed by atoms with E-state index in [1.54, 1.807) is 0 Å². The molecule has 0 spiro atoms. The molecule has 0 radical (unpaired) electrons. The van der Waals surface area contributed by atoms with Crippen LogP contribution in [0.5, 0.6) is 0 Å². The number of rotatable bonds is 3. The number of ether oxygens (including phenoxy) is 2. The van der Waals surface area contributed by atoms with Crippen molar-refractivity contribution in [2.45, 2.75) is 44.8 Å². The molecule has 0 aromatic carbocycles. The lowest BCUT2D eigenvalue weighted by molar-refractivity contribution is -0.144. The lowest BCUT2D eigenvalue weighted by Crippen LogP contribution is -2.32. The molecular formula is C10H16O3. The molecule has 2 unspecified atom stereocenters. The van der Waals surface area contributed by atoms with E-state index in [0.717, 1.165) is 0 Å². The van der Waals surface area contributed by atoms with Gasteiger partial charge < -0.3 is 9.47 Å². The molecule has 1 saturated heterocycles. The summed E-state index contributed by atoms with van der Waals surface area (Å²) in [5.74, 6) is 0.402. The first kappa shape index (κ1) is 9.00. The summed E-state index contributed by atoms with van der Waals surface area (Å²) in [6, 6.07) is 0. The van der Waals surface area contributed by atoms with E-state index < -0.39 is 0 Å². The number of carbonyl (C=O) groups excluding carboxylic acids is 1. The molecule has 2 rings (SSSR count). The maximum atomic E-state index is 11.3. The Bertz CT molecular complexity index is 222. The van der Waals surface area contributed by atoms with Crippen molar-refractivity contribution in [3.63, 3.8) is 0 Å². The first-order chi connectivity index (χ1) is 6.18. The minimum Gasteiger partial charge on any atom is -0.464 e. The van der Waals surface area contributed by atoms with Gasteiger partial charge in [-0.2, -0.15) is 0 Å². The smallest absolute Gasteiger partial charge is 0.338 e. The summed E-state index contributed by atoms with van der Waals surface area (Å²) in [7, 11) is 0. The van der Waals surface area contributed by atoms with E-state index in [-0.39, 0.29) is 17.7 Å². The van der Waals surface area contributed by atoms with Crippen LogP contribution in [0.4, 0.5) is 0 Å². The molecule has 2 atom stereocenters. The Labute approximate surface area is 78.4 Å². The van der Waals surface area contributed by atoms with Crippen molar-refractivity contribution in [2.75, 3.05) is 6.61 Å². The highest BCUT2D eigenvalue weighted by atomic mass is 16.7. The maximum Gasteiger partial charge on any atom is 0.338 e. The van der Waals surface area contributed by atoms with Crippen LogP contribution in [-0.4, -0.2) is 24.3 Å². The first-order valence-corrected chi connectivity index (χ1v) is 5.03. The number of epoxide rings is 1. The highest BCUT2D eigenvalue weighted by Gasteiger charge is 2.63. The molecule has 1 heterocycles. The van der Waals surface area contributed by atoms with Gasteiger partial charge in [0, 0.05) is 0 Å². The molecule has 3 heteroatoms. The van der Waals surface area contributed by atoms with Gasteiger partial charge in [0.05, 0.1) is 6.61 Å². The molecule has 0 aromatic heterocycles. The second-order valence-corrected chi connectivity index (χ2v) is 4.06. The quantitative estimate of drug-likeness (QED) is 0.493. The SMILES string of the molecule is CCOC(=O)C1OC1(C)C1CCC1. The summed E-state index contributed by atoms with van der Waals surface area (Å²) in [6.45, 7) is 4.29. The monoisotopic (exact) mass is 184 g/mol. The Kier molecular flexibility index (Phi) is 2.06. The summed E-state index contributed by atoms with van der Waals surface area (Å²) in [5.41, 5.74) is -0.190. The summed E-state index contributed by atoms with van der Waals surface area (Å²) in [6.07, 6.45) is 3.40. The van der Waals surface area contributed by atoms with E-state index in [0.29, 0.717) is 12.5 Å². The zero-order chi connectivity index (χ0) is 9.47. The third-order valence-corrected chi connectivity index (χ3v) is 3.25. The fraction of sp³-hybridized carbons (Fsp3) is 0.900. The van der Waals surface area contributed by atoms with Crippen LogP contribution < -0.4 is 0 Å². The number of esters is 1. The molecule has 2 aliphatic rings.